The van der Waals surface area contributed by atoms with E-state index in [4.69, 9.17) is 16.3 Å². The van der Waals surface area contributed by atoms with E-state index in [1.807, 2.05) is 35.2 Å². The molecule has 0 bridgehead atoms. The Kier molecular flexibility index (Phi) is 7.00. The molecule has 1 aromatic heterocycles. The summed E-state index contributed by atoms with van der Waals surface area (Å²) in [7, 11) is 0. The Labute approximate surface area is 211 Å². The standard InChI is InChI=1S/C28H32ClN3O3/c29-21-9-10-25-22(18-21)26(33)30-19-28(11-5-1-2-6-16-35-25)12-14-32(15-13-28)27(34)24-17-20-7-3-4-8-23(20)31-24/h3-4,7-10,17-18,31H,1-2,5-6,11-16,19H2,(H,30,33). The number of para-hydroxylation sites is 1. The predicted octanol–water partition coefficient (Wildman–Crippen LogP) is 5.82. The van der Waals surface area contributed by atoms with Gasteiger partial charge in [-0.3, -0.25) is 9.59 Å². The smallest absolute Gasteiger partial charge is 0.270 e. The zero-order chi connectivity index (χ0) is 24.3. The number of carbonyl (C=O) groups excluding carboxylic acids is 2. The molecule has 7 heteroatoms. The van der Waals surface area contributed by atoms with Crippen molar-refractivity contribution in [3.63, 3.8) is 0 Å². The Bertz CT molecular complexity index is 1180. The van der Waals surface area contributed by atoms with Crippen molar-refractivity contribution in [1.82, 2.24) is 15.2 Å². The van der Waals surface area contributed by atoms with Gasteiger partial charge in [-0.2, -0.15) is 0 Å². The number of amides is 2. The van der Waals surface area contributed by atoms with E-state index in [1.165, 1.54) is 0 Å². The first-order valence-corrected chi connectivity index (χ1v) is 13.0. The topological polar surface area (TPSA) is 74.4 Å². The van der Waals surface area contributed by atoms with Crippen molar-refractivity contribution in [2.45, 2.75) is 44.9 Å². The van der Waals surface area contributed by atoms with E-state index < -0.39 is 0 Å². The third-order valence-electron chi connectivity index (χ3n) is 7.54. The molecule has 1 saturated heterocycles. The Morgan fingerprint density at radius 3 is 2.60 bits per heavy atom. The molecular formula is C28H32ClN3O3. The number of nitrogens with zero attached hydrogens (tertiary/aromatic N) is 1. The van der Waals surface area contributed by atoms with Crippen LogP contribution in [0.4, 0.5) is 0 Å². The summed E-state index contributed by atoms with van der Waals surface area (Å²) in [6, 6.07) is 15.1. The number of hydrogen-bond donors (Lipinski definition) is 2. The third-order valence-corrected chi connectivity index (χ3v) is 7.78. The van der Waals surface area contributed by atoms with E-state index in [0.29, 0.717) is 48.3 Å². The van der Waals surface area contributed by atoms with Gasteiger partial charge in [-0.1, -0.05) is 49.1 Å². The van der Waals surface area contributed by atoms with Crippen LogP contribution in [0.2, 0.25) is 5.02 Å². The minimum absolute atomic E-state index is 0.0134. The fraction of sp³-hybridized carbons (Fsp3) is 0.429. The van der Waals surface area contributed by atoms with E-state index in [2.05, 4.69) is 10.3 Å². The number of benzene rings is 2. The van der Waals surface area contributed by atoms with Gasteiger partial charge in [0.05, 0.1) is 12.2 Å². The number of nitrogens with one attached hydrogen (secondary N) is 2. The second-order valence-corrected chi connectivity index (χ2v) is 10.3. The summed E-state index contributed by atoms with van der Waals surface area (Å²) in [6.45, 7) is 2.56. The number of halogens is 1. The highest BCUT2D eigenvalue weighted by atomic mass is 35.5. The molecule has 3 heterocycles. The number of piperidine rings is 1. The monoisotopic (exact) mass is 493 g/mol. The number of rotatable bonds is 1. The molecular weight excluding hydrogens is 462 g/mol. The van der Waals surface area contributed by atoms with Crippen LogP contribution in [0.1, 0.15) is 65.8 Å². The molecule has 2 N–H and O–H groups in total. The summed E-state index contributed by atoms with van der Waals surface area (Å²) in [6.07, 6.45) is 7.12. The normalized spacial score (nSPS) is 19.1. The van der Waals surface area contributed by atoms with E-state index >= 15 is 0 Å². The van der Waals surface area contributed by atoms with Crippen molar-refractivity contribution in [1.29, 1.82) is 0 Å². The molecule has 0 atom stereocenters. The van der Waals surface area contributed by atoms with Crippen molar-refractivity contribution in [2.24, 2.45) is 5.41 Å². The number of aromatic nitrogens is 1. The Hall–Kier alpha value is -2.99. The lowest BCUT2D eigenvalue weighted by Gasteiger charge is -2.42. The number of hydrogen-bond acceptors (Lipinski definition) is 3. The van der Waals surface area contributed by atoms with Crippen LogP contribution < -0.4 is 10.1 Å². The van der Waals surface area contributed by atoms with Crippen LogP contribution in [0.5, 0.6) is 5.75 Å². The van der Waals surface area contributed by atoms with Crippen molar-refractivity contribution in [3.05, 3.63) is 64.8 Å². The molecule has 0 aliphatic carbocycles. The van der Waals surface area contributed by atoms with Crippen LogP contribution in [0, 0.1) is 5.41 Å². The summed E-state index contributed by atoms with van der Waals surface area (Å²) in [5.74, 6) is 0.474. The fourth-order valence-corrected chi connectivity index (χ4v) is 5.54. The van der Waals surface area contributed by atoms with Gasteiger partial charge in [-0.25, -0.2) is 0 Å². The molecule has 184 valence electrons. The molecule has 1 spiro atoms. The molecule has 2 aliphatic rings. The maximum absolute atomic E-state index is 13.2. The van der Waals surface area contributed by atoms with Crippen molar-refractivity contribution >= 4 is 34.3 Å². The minimum Gasteiger partial charge on any atom is -0.493 e. The molecule has 0 saturated carbocycles. The Morgan fingerprint density at radius 1 is 0.971 bits per heavy atom. The number of H-pyrrole nitrogens is 1. The summed E-state index contributed by atoms with van der Waals surface area (Å²) in [5, 5.41) is 4.74. The highest BCUT2D eigenvalue weighted by Crippen LogP contribution is 2.37. The van der Waals surface area contributed by atoms with E-state index in [0.717, 1.165) is 55.8 Å². The van der Waals surface area contributed by atoms with Crippen LogP contribution in [0.3, 0.4) is 0 Å². The highest BCUT2D eigenvalue weighted by Gasteiger charge is 2.36. The number of likely N-dealkylation sites (tertiary alicyclic amines) is 1. The van der Waals surface area contributed by atoms with Gasteiger partial charge in [0.1, 0.15) is 11.4 Å². The largest absolute Gasteiger partial charge is 0.493 e. The summed E-state index contributed by atoms with van der Waals surface area (Å²) < 4.78 is 5.90. The average Bonchev–Trinajstić information content (AvgIpc) is 3.32. The van der Waals surface area contributed by atoms with E-state index in [1.54, 1.807) is 18.2 Å². The first-order chi connectivity index (χ1) is 17.0. The summed E-state index contributed by atoms with van der Waals surface area (Å²) >= 11 is 6.18. The number of aromatic amines is 1. The van der Waals surface area contributed by atoms with E-state index in [9.17, 15) is 9.59 Å². The molecule has 1 fully saturated rings. The molecule has 2 amide bonds. The summed E-state index contributed by atoms with van der Waals surface area (Å²) in [5.41, 5.74) is 2.09. The van der Waals surface area contributed by atoms with Crippen LogP contribution in [-0.4, -0.2) is 47.9 Å². The second kappa shape index (κ2) is 10.3. The molecule has 6 nitrogen and oxygen atoms in total. The predicted molar refractivity (Wildman–Crippen MR) is 138 cm³/mol. The SMILES string of the molecule is O=C1NCC2(CCCCCCOc3ccc(Cl)cc31)CCN(C(=O)c1cc3ccccc3[nH]1)CC2. The number of carbonyl (C=O) groups is 2. The molecule has 0 unspecified atom stereocenters. The van der Waals surface area contributed by atoms with Gasteiger partial charge < -0.3 is 19.9 Å². The van der Waals surface area contributed by atoms with Crippen molar-refractivity contribution < 1.29 is 14.3 Å². The molecule has 2 aromatic carbocycles. The first kappa shape index (κ1) is 23.7. The molecule has 3 aromatic rings. The van der Waals surface area contributed by atoms with Gasteiger partial charge in [0, 0.05) is 35.6 Å². The molecule has 35 heavy (non-hydrogen) atoms. The zero-order valence-electron chi connectivity index (χ0n) is 19.9. The van der Waals surface area contributed by atoms with Gasteiger partial charge >= 0.3 is 0 Å². The minimum atomic E-state index is -0.155. The van der Waals surface area contributed by atoms with Crippen molar-refractivity contribution in [3.8, 4) is 5.75 Å². The van der Waals surface area contributed by atoms with Gasteiger partial charge in [0.15, 0.2) is 0 Å². The molecule has 5 rings (SSSR count). The zero-order valence-corrected chi connectivity index (χ0v) is 20.7. The quantitative estimate of drug-likeness (QED) is 0.448. The van der Waals surface area contributed by atoms with E-state index in [-0.39, 0.29) is 17.2 Å². The first-order valence-electron chi connectivity index (χ1n) is 12.6. The summed E-state index contributed by atoms with van der Waals surface area (Å²) in [4.78, 5) is 31.5. The lowest BCUT2D eigenvalue weighted by atomic mass is 9.74. The third kappa shape index (κ3) is 5.32. The average molecular weight is 494 g/mol. The lowest BCUT2D eigenvalue weighted by Crippen LogP contribution is -2.48. The van der Waals surface area contributed by atoms with Gasteiger partial charge in [-0.15, -0.1) is 0 Å². The molecule has 2 aliphatic heterocycles. The van der Waals surface area contributed by atoms with Crippen LogP contribution in [-0.2, 0) is 0 Å². The Morgan fingerprint density at radius 2 is 1.77 bits per heavy atom. The number of fused-ring (bicyclic) bond motifs is 2. The van der Waals surface area contributed by atoms with Gasteiger partial charge in [0.25, 0.3) is 11.8 Å². The van der Waals surface area contributed by atoms with Gasteiger partial charge in [0.2, 0.25) is 0 Å². The van der Waals surface area contributed by atoms with Crippen LogP contribution in [0.15, 0.2) is 48.5 Å². The second-order valence-electron chi connectivity index (χ2n) is 9.90. The maximum Gasteiger partial charge on any atom is 0.270 e. The lowest BCUT2D eigenvalue weighted by molar-refractivity contribution is 0.0532. The Balaban J connectivity index is 1.29. The molecule has 0 radical (unpaired) electrons. The maximum atomic E-state index is 13.2. The van der Waals surface area contributed by atoms with Crippen molar-refractivity contribution in [2.75, 3.05) is 26.2 Å². The fourth-order valence-electron chi connectivity index (χ4n) is 5.36. The number of ether oxygens (including phenoxy) is 1. The van der Waals surface area contributed by atoms with Gasteiger partial charge in [-0.05, 0) is 61.4 Å². The van der Waals surface area contributed by atoms with Crippen LogP contribution >= 0.6 is 11.6 Å². The van der Waals surface area contributed by atoms with Crippen LogP contribution in [0.25, 0.3) is 10.9 Å². The highest BCUT2D eigenvalue weighted by molar-refractivity contribution is 6.31.